The van der Waals surface area contributed by atoms with Gasteiger partial charge in [0.2, 0.25) is 0 Å². The molecule has 0 radical (unpaired) electrons. The summed E-state index contributed by atoms with van der Waals surface area (Å²) in [7, 11) is -2.07. The van der Waals surface area contributed by atoms with Gasteiger partial charge in [0.15, 0.2) is 6.29 Å². The molecule has 0 aromatic carbocycles. The Balaban J connectivity index is 4.47. The second kappa shape index (κ2) is 22.2. The third kappa shape index (κ3) is 17.4. The number of unbranched alkanes of at least 4 members (excludes halogenated alkanes) is 12. The number of ether oxygens (including phenoxy) is 2. The number of thiol groups is 1. The number of rotatable bonds is 25. The minimum Gasteiger partial charge on any atom is -0.477 e. The second-order valence-electron chi connectivity index (χ2n) is 9.59. The van der Waals surface area contributed by atoms with E-state index >= 15 is 0 Å². The first-order valence-electron chi connectivity index (χ1n) is 13.8. The van der Waals surface area contributed by atoms with Gasteiger partial charge in [-0.25, -0.2) is 4.79 Å². The van der Waals surface area contributed by atoms with E-state index in [9.17, 15) is 14.5 Å². The van der Waals surface area contributed by atoms with Gasteiger partial charge in [-0.3, -0.25) is 0 Å². The average Bonchev–Trinajstić information content (AvgIpc) is 2.81. The molecule has 204 valence electrons. The molecule has 5 unspecified atom stereocenters. The molecule has 0 saturated carbocycles. The van der Waals surface area contributed by atoms with Gasteiger partial charge in [0.05, 0.1) is 0 Å². The van der Waals surface area contributed by atoms with Crippen molar-refractivity contribution in [1.29, 1.82) is 0 Å². The van der Waals surface area contributed by atoms with Crippen molar-refractivity contribution >= 4 is 27.1 Å². The van der Waals surface area contributed by atoms with E-state index in [1.54, 1.807) is 6.92 Å². The van der Waals surface area contributed by atoms with Crippen LogP contribution >= 0.6 is 21.1 Å². The molecule has 5 atom stereocenters. The Kier molecular flexibility index (Phi) is 22.1. The smallest absolute Gasteiger partial charge is 0.371 e. The Bertz CT molecular complexity index is 510. The van der Waals surface area contributed by atoms with Crippen molar-refractivity contribution < 1.29 is 29.0 Å². The molecule has 0 aliphatic heterocycles. The van der Waals surface area contributed by atoms with E-state index in [0.29, 0.717) is 12.3 Å². The zero-order valence-electron chi connectivity index (χ0n) is 22.0. The van der Waals surface area contributed by atoms with Gasteiger partial charge in [-0.1, -0.05) is 124 Å². The minimum atomic E-state index is -2.69. The van der Waals surface area contributed by atoms with E-state index in [0.717, 1.165) is 19.3 Å². The molecule has 0 amide bonds. The highest BCUT2D eigenvalue weighted by atomic mass is 32.1. The van der Waals surface area contributed by atoms with Crippen LogP contribution in [0.3, 0.4) is 0 Å². The van der Waals surface area contributed by atoms with Crippen LogP contribution in [0.15, 0.2) is 0 Å². The van der Waals surface area contributed by atoms with Crippen LogP contribution < -0.4 is 0 Å². The third-order valence-electron chi connectivity index (χ3n) is 6.39. The Morgan fingerprint density at radius 1 is 0.853 bits per heavy atom. The molecule has 6 nitrogen and oxygen atoms in total. The first kappa shape index (κ1) is 33.9. The molecule has 0 spiro atoms. The van der Waals surface area contributed by atoms with E-state index in [1.165, 1.54) is 89.9 Å². The molecule has 8 heteroatoms. The first-order chi connectivity index (χ1) is 16.3. The average molecular weight is 525 g/mol. The summed E-state index contributed by atoms with van der Waals surface area (Å²) in [6.07, 6.45) is 20.5. The maximum absolute atomic E-state index is 11.2. The first-order valence-corrected chi connectivity index (χ1v) is 15.3. The van der Waals surface area contributed by atoms with E-state index in [2.05, 4.69) is 26.5 Å². The summed E-state index contributed by atoms with van der Waals surface area (Å²) in [5.41, 5.74) is -3.12. The number of carboxylic acid groups (broad SMARTS) is 1. The molecule has 0 aromatic rings. The molecule has 0 bridgehead atoms. The van der Waals surface area contributed by atoms with E-state index in [1.807, 2.05) is 0 Å². The highest BCUT2D eigenvalue weighted by Crippen LogP contribution is 2.29. The van der Waals surface area contributed by atoms with Gasteiger partial charge in [-0.2, -0.15) is 0 Å². The van der Waals surface area contributed by atoms with Crippen LogP contribution in [-0.4, -0.2) is 33.4 Å². The van der Waals surface area contributed by atoms with Crippen LogP contribution in [0.25, 0.3) is 0 Å². The number of aliphatic carboxylic acids is 1. The molecule has 0 fully saturated rings. The van der Waals surface area contributed by atoms with Crippen molar-refractivity contribution in [3.05, 3.63) is 0 Å². The van der Waals surface area contributed by atoms with Gasteiger partial charge in [0.1, 0.15) is 13.9 Å². The summed E-state index contributed by atoms with van der Waals surface area (Å²) in [5, 5.41) is 19.0. The summed E-state index contributed by atoms with van der Waals surface area (Å²) < 4.78 is 22.1. The van der Waals surface area contributed by atoms with Crippen LogP contribution in [0, 0.1) is 5.92 Å². The van der Waals surface area contributed by atoms with Crippen LogP contribution in [0.1, 0.15) is 136 Å². The van der Waals surface area contributed by atoms with Crippen molar-refractivity contribution in [2.24, 2.45) is 5.92 Å². The van der Waals surface area contributed by atoms with E-state index in [4.69, 9.17) is 14.6 Å². The van der Waals surface area contributed by atoms with Crippen molar-refractivity contribution in [3.63, 3.8) is 0 Å². The fraction of sp³-hybridized carbons (Fsp3) is 0.962. The largest absolute Gasteiger partial charge is 0.477 e. The lowest BCUT2D eigenvalue weighted by atomic mass is 9.91. The van der Waals surface area contributed by atoms with Crippen molar-refractivity contribution in [3.8, 4) is 0 Å². The molecule has 0 aliphatic rings. The quantitative estimate of drug-likeness (QED) is 0.0488. The Morgan fingerprint density at radius 3 is 1.71 bits per heavy atom. The molecule has 0 saturated heterocycles. The highest BCUT2D eigenvalue weighted by molar-refractivity contribution is 7.80. The molecule has 0 aliphatic carbocycles. The van der Waals surface area contributed by atoms with Crippen molar-refractivity contribution in [2.75, 3.05) is 0 Å². The lowest BCUT2D eigenvalue weighted by molar-refractivity contribution is -0.256. The van der Waals surface area contributed by atoms with Crippen molar-refractivity contribution in [2.45, 2.75) is 154 Å². The fourth-order valence-corrected chi connectivity index (χ4v) is 4.95. The predicted octanol–water partition coefficient (Wildman–Crippen LogP) is 7.79. The standard InChI is InChI=1S/C26H53O6PS/c1-4-7-9-11-12-13-14-15-16-18-20-22(19-17-10-8-5-2)21-24(34)31-23(6-3)32-26(29,33-30)25(27)28/h22-24,29,34H,4-21,33H2,1-3H3,(H,27,28). The minimum absolute atomic E-state index is 0.325. The maximum Gasteiger partial charge on any atom is 0.371 e. The Morgan fingerprint density at radius 2 is 1.29 bits per heavy atom. The van der Waals surface area contributed by atoms with Gasteiger partial charge in [0.25, 0.3) is 0 Å². The molecule has 34 heavy (non-hydrogen) atoms. The summed E-state index contributed by atoms with van der Waals surface area (Å²) in [5.74, 6) is -1.17. The summed E-state index contributed by atoms with van der Waals surface area (Å²) in [4.78, 5) is 11.2. The molecule has 0 rings (SSSR count). The molecular weight excluding hydrogens is 471 g/mol. The lowest BCUT2D eigenvalue weighted by Crippen LogP contribution is -2.40. The monoisotopic (exact) mass is 524 g/mol. The van der Waals surface area contributed by atoms with E-state index < -0.39 is 31.7 Å². The number of hydrogen-bond donors (Lipinski definition) is 3. The second-order valence-corrected chi connectivity index (χ2v) is 11.2. The van der Waals surface area contributed by atoms with Gasteiger partial charge in [-0.05, 0) is 18.8 Å². The summed E-state index contributed by atoms with van der Waals surface area (Å²) in [6.45, 7) is 6.23. The maximum atomic E-state index is 11.2. The fourth-order valence-electron chi connectivity index (χ4n) is 4.21. The lowest BCUT2D eigenvalue weighted by Gasteiger charge is -2.28. The van der Waals surface area contributed by atoms with Crippen LogP contribution in [-0.2, 0) is 18.8 Å². The SMILES string of the molecule is CCCCCCCCCCCCC(CCCCCC)CC(S)OC(CC)OC(O)([PH2]=O)C(=O)O. The summed E-state index contributed by atoms with van der Waals surface area (Å²) >= 11 is 4.58. The molecule has 0 heterocycles. The Hall–Kier alpha value is -0.0700. The van der Waals surface area contributed by atoms with Crippen LogP contribution in [0.2, 0.25) is 0 Å². The normalized spacial score (nSPS) is 16.5. The summed E-state index contributed by atoms with van der Waals surface area (Å²) in [6, 6.07) is 0. The van der Waals surface area contributed by atoms with Gasteiger partial charge in [0, 0.05) is 0 Å². The Labute approximate surface area is 215 Å². The number of carbonyl (C=O) groups is 1. The van der Waals surface area contributed by atoms with Crippen LogP contribution in [0.4, 0.5) is 0 Å². The zero-order chi connectivity index (χ0) is 25.7. The molecule has 0 aromatic heterocycles. The van der Waals surface area contributed by atoms with Gasteiger partial charge < -0.3 is 24.3 Å². The molecular formula is C26H53O6PS. The highest BCUT2D eigenvalue weighted by Gasteiger charge is 2.39. The number of hydrogen-bond acceptors (Lipinski definition) is 6. The van der Waals surface area contributed by atoms with Crippen LogP contribution in [0.5, 0.6) is 0 Å². The number of aliphatic hydroxyl groups is 1. The third-order valence-corrected chi connectivity index (χ3v) is 7.42. The number of carboxylic acids is 1. The van der Waals surface area contributed by atoms with Crippen molar-refractivity contribution in [1.82, 2.24) is 0 Å². The topological polar surface area (TPSA) is 93.1 Å². The predicted molar refractivity (Wildman–Crippen MR) is 145 cm³/mol. The van der Waals surface area contributed by atoms with Gasteiger partial charge >= 0.3 is 11.5 Å². The van der Waals surface area contributed by atoms with Gasteiger partial charge in [-0.15, -0.1) is 12.6 Å². The zero-order valence-corrected chi connectivity index (χ0v) is 24.1. The molecule has 2 N–H and O–H groups in total. The van der Waals surface area contributed by atoms with E-state index in [-0.39, 0.29) is 0 Å².